The molecule has 1 aliphatic rings. The molecule has 0 spiro atoms. The molecule has 5 heteroatoms. The maximum atomic E-state index is 12.3. The Balaban J connectivity index is 0.00000162. The summed E-state index contributed by atoms with van der Waals surface area (Å²) in [7, 11) is 0. The number of carbonyl (C=O) groups excluding carboxylic acids is 1. The number of amides is 1. The quantitative estimate of drug-likeness (QED) is 0.897. The van der Waals surface area contributed by atoms with Gasteiger partial charge in [0, 0.05) is 12.6 Å². The van der Waals surface area contributed by atoms with E-state index in [4.69, 9.17) is 5.73 Å². The second kappa shape index (κ2) is 6.59. The van der Waals surface area contributed by atoms with Gasteiger partial charge in [-0.2, -0.15) is 0 Å². The highest BCUT2D eigenvalue weighted by Crippen LogP contribution is 2.21. The molecule has 0 radical (unpaired) electrons. The van der Waals surface area contributed by atoms with Crippen LogP contribution in [0.15, 0.2) is 18.2 Å². The molecule has 0 bridgehead atoms. The molecule has 1 atom stereocenters. The second-order valence-corrected chi connectivity index (χ2v) is 4.50. The number of likely N-dealkylation sites (tertiary alicyclic amines) is 1. The van der Waals surface area contributed by atoms with Gasteiger partial charge < -0.3 is 10.6 Å². The van der Waals surface area contributed by atoms with Gasteiger partial charge in [0.15, 0.2) is 0 Å². The number of aromatic nitrogens is 1. The lowest BCUT2D eigenvalue weighted by Gasteiger charge is -2.35. The van der Waals surface area contributed by atoms with Crippen LogP contribution in [0.1, 0.15) is 43.1 Å². The molecule has 2 N–H and O–H groups in total. The van der Waals surface area contributed by atoms with Gasteiger partial charge in [0.25, 0.3) is 5.91 Å². The number of carbonyl (C=O) groups is 1. The smallest absolute Gasteiger partial charge is 0.272 e. The van der Waals surface area contributed by atoms with E-state index in [2.05, 4.69) is 11.9 Å². The first-order chi connectivity index (χ1) is 8.22. The second-order valence-electron chi connectivity index (χ2n) is 4.50. The summed E-state index contributed by atoms with van der Waals surface area (Å²) in [4.78, 5) is 18.4. The lowest BCUT2D eigenvalue weighted by atomic mass is 9.99. The third-order valence-electron chi connectivity index (χ3n) is 3.35. The van der Waals surface area contributed by atoms with Crippen molar-refractivity contribution in [3.05, 3.63) is 23.9 Å². The van der Waals surface area contributed by atoms with Crippen LogP contribution >= 0.6 is 12.4 Å². The number of nitrogens with zero attached hydrogens (tertiary/aromatic N) is 2. The molecule has 1 saturated heterocycles. The van der Waals surface area contributed by atoms with Gasteiger partial charge in [-0.25, -0.2) is 4.98 Å². The average molecular weight is 270 g/mol. The van der Waals surface area contributed by atoms with Gasteiger partial charge in [-0.3, -0.25) is 4.79 Å². The predicted octanol–water partition coefficient (Wildman–Crippen LogP) is 2.49. The molecule has 1 aromatic rings. The van der Waals surface area contributed by atoms with E-state index in [0.29, 0.717) is 17.6 Å². The molecule has 2 heterocycles. The Morgan fingerprint density at radius 3 is 2.94 bits per heavy atom. The van der Waals surface area contributed by atoms with Crippen molar-refractivity contribution in [1.82, 2.24) is 9.88 Å². The van der Waals surface area contributed by atoms with Gasteiger partial charge in [-0.05, 0) is 37.8 Å². The molecule has 1 unspecified atom stereocenters. The van der Waals surface area contributed by atoms with Crippen molar-refractivity contribution in [2.75, 3.05) is 12.3 Å². The molecular weight excluding hydrogens is 250 g/mol. The zero-order chi connectivity index (χ0) is 12.3. The van der Waals surface area contributed by atoms with Gasteiger partial charge in [-0.15, -0.1) is 12.4 Å². The van der Waals surface area contributed by atoms with Gasteiger partial charge in [0.05, 0.1) is 0 Å². The molecule has 4 nitrogen and oxygen atoms in total. The van der Waals surface area contributed by atoms with Gasteiger partial charge in [0.1, 0.15) is 11.5 Å². The zero-order valence-electron chi connectivity index (χ0n) is 10.6. The SMILES string of the molecule is CCC1CCCCN1C(=O)c1cccc(N)n1.Cl. The topological polar surface area (TPSA) is 59.2 Å². The summed E-state index contributed by atoms with van der Waals surface area (Å²) in [5, 5.41) is 0. The molecule has 0 aromatic carbocycles. The average Bonchev–Trinajstić information content (AvgIpc) is 2.38. The predicted molar refractivity (Wildman–Crippen MR) is 74.9 cm³/mol. The Hall–Kier alpha value is -1.29. The first kappa shape index (κ1) is 14.8. The van der Waals surface area contributed by atoms with E-state index >= 15 is 0 Å². The minimum absolute atomic E-state index is 0. The largest absolute Gasteiger partial charge is 0.384 e. The lowest BCUT2D eigenvalue weighted by Crippen LogP contribution is -2.43. The highest BCUT2D eigenvalue weighted by molar-refractivity contribution is 5.92. The fourth-order valence-electron chi connectivity index (χ4n) is 2.41. The fourth-order valence-corrected chi connectivity index (χ4v) is 2.41. The lowest BCUT2D eigenvalue weighted by molar-refractivity contribution is 0.0602. The highest BCUT2D eigenvalue weighted by atomic mass is 35.5. The summed E-state index contributed by atoms with van der Waals surface area (Å²) < 4.78 is 0. The Morgan fingerprint density at radius 2 is 2.28 bits per heavy atom. The summed E-state index contributed by atoms with van der Waals surface area (Å²) in [5.74, 6) is 0.421. The van der Waals surface area contributed by atoms with E-state index in [0.717, 1.165) is 25.8 Å². The number of halogens is 1. The Kier molecular flexibility index (Phi) is 5.41. The van der Waals surface area contributed by atoms with E-state index in [1.165, 1.54) is 6.42 Å². The maximum absolute atomic E-state index is 12.3. The van der Waals surface area contributed by atoms with E-state index < -0.39 is 0 Å². The van der Waals surface area contributed by atoms with Crippen LogP contribution in [0.5, 0.6) is 0 Å². The van der Waals surface area contributed by atoms with Crippen molar-refractivity contribution >= 4 is 24.1 Å². The van der Waals surface area contributed by atoms with Crippen molar-refractivity contribution in [2.24, 2.45) is 0 Å². The van der Waals surface area contributed by atoms with Crippen LogP contribution in [-0.4, -0.2) is 28.4 Å². The van der Waals surface area contributed by atoms with Crippen molar-refractivity contribution in [3.8, 4) is 0 Å². The standard InChI is InChI=1S/C13H19N3O.ClH/c1-2-10-6-3-4-9-16(10)13(17)11-7-5-8-12(14)15-11;/h5,7-8,10H,2-4,6,9H2,1H3,(H2,14,15);1H. The van der Waals surface area contributed by atoms with E-state index in [1.807, 2.05) is 4.90 Å². The van der Waals surface area contributed by atoms with Crippen LogP contribution in [-0.2, 0) is 0 Å². The molecule has 100 valence electrons. The molecule has 1 amide bonds. The molecule has 18 heavy (non-hydrogen) atoms. The molecule has 0 saturated carbocycles. The zero-order valence-corrected chi connectivity index (χ0v) is 11.4. The molecule has 0 aliphatic carbocycles. The summed E-state index contributed by atoms with van der Waals surface area (Å²) in [6.45, 7) is 2.97. The third kappa shape index (κ3) is 3.13. The molecule has 2 rings (SSSR count). The number of hydrogen-bond acceptors (Lipinski definition) is 3. The number of hydrogen-bond donors (Lipinski definition) is 1. The molecular formula is C13H20ClN3O. The monoisotopic (exact) mass is 269 g/mol. The number of piperidine rings is 1. The minimum Gasteiger partial charge on any atom is -0.384 e. The normalized spacial score (nSPS) is 19.2. The van der Waals surface area contributed by atoms with Gasteiger partial charge in [-0.1, -0.05) is 13.0 Å². The van der Waals surface area contributed by atoms with Crippen molar-refractivity contribution in [3.63, 3.8) is 0 Å². The third-order valence-corrected chi connectivity index (χ3v) is 3.35. The number of nitrogen functional groups attached to an aromatic ring is 1. The molecule has 1 aliphatic heterocycles. The van der Waals surface area contributed by atoms with Gasteiger partial charge >= 0.3 is 0 Å². The summed E-state index contributed by atoms with van der Waals surface area (Å²) in [6.07, 6.45) is 4.41. The fraction of sp³-hybridized carbons (Fsp3) is 0.538. The number of nitrogens with two attached hydrogens (primary N) is 1. The van der Waals surface area contributed by atoms with Crippen LogP contribution in [0.4, 0.5) is 5.82 Å². The van der Waals surface area contributed by atoms with Crippen molar-refractivity contribution in [1.29, 1.82) is 0 Å². The Labute approximate surface area is 114 Å². The molecule has 1 aromatic heterocycles. The summed E-state index contributed by atoms with van der Waals surface area (Å²) in [6, 6.07) is 5.57. The number of pyridine rings is 1. The highest BCUT2D eigenvalue weighted by Gasteiger charge is 2.26. The summed E-state index contributed by atoms with van der Waals surface area (Å²) in [5.41, 5.74) is 6.07. The number of anilines is 1. The maximum Gasteiger partial charge on any atom is 0.272 e. The number of rotatable bonds is 2. The van der Waals surface area contributed by atoms with Crippen LogP contribution in [0.2, 0.25) is 0 Å². The summed E-state index contributed by atoms with van der Waals surface area (Å²) >= 11 is 0. The first-order valence-electron chi connectivity index (χ1n) is 6.26. The van der Waals surface area contributed by atoms with Crippen LogP contribution in [0.3, 0.4) is 0 Å². The Morgan fingerprint density at radius 1 is 1.50 bits per heavy atom. The van der Waals surface area contributed by atoms with Gasteiger partial charge in [0.2, 0.25) is 0 Å². The Bertz CT molecular complexity index is 411. The van der Waals surface area contributed by atoms with E-state index in [-0.39, 0.29) is 18.3 Å². The first-order valence-corrected chi connectivity index (χ1v) is 6.26. The minimum atomic E-state index is 0. The van der Waals surface area contributed by atoms with E-state index in [1.54, 1.807) is 18.2 Å². The van der Waals surface area contributed by atoms with Crippen molar-refractivity contribution < 1.29 is 4.79 Å². The molecule has 1 fully saturated rings. The van der Waals surface area contributed by atoms with Crippen LogP contribution < -0.4 is 5.73 Å². The van der Waals surface area contributed by atoms with E-state index in [9.17, 15) is 4.79 Å². The van der Waals surface area contributed by atoms with Crippen LogP contribution in [0.25, 0.3) is 0 Å². The van der Waals surface area contributed by atoms with Crippen LogP contribution in [0, 0.1) is 0 Å². The van der Waals surface area contributed by atoms with Crippen molar-refractivity contribution in [2.45, 2.75) is 38.6 Å².